The molecule has 1 radical (unpaired) electrons. The van der Waals surface area contributed by atoms with Gasteiger partial charge in [0.25, 0.3) is 0 Å². The molecule has 0 amide bonds. The van der Waals surface area contributed by atoms with Gasteiger partial charge >= 0.3 is 67.5 Å². The molecule has 0 aliphatic carbocycles. The first kappa shape index (κ1) is 11.2. The molecule has 0 aromatic rings. The van der Waals surface area contributed by atoms with Gasteiger partial charge in [0.05, 0.1) is 0 Å². The zero-order chi connectivity index (χ0) is 7.02. The summed E-state index contributed by atoms with van der Waals surface area (Å²) in [4.78, 5) is 0. The molecule has 53 valence electrons. The van der Waals surface area contributed by atoms with Crippen LogP contribution in [0.25, 0.3) is 0 Å². The second-order valence-electron chi connectivity index (χ2n) is 2.53. The van der Waals surface area contributed by atoms with Crippen LogP contribution < -0.4 is 0 Å². The molecule has 0 nitrogen and oxygen atoms in total. The zero-order valence-electron chi connectivity index (χ0n) is 6.95. The summed E-state index contributed by atoms with van der Waals surface area (Å²) in [5, 5.41) is 0. The molecule has 2 heteroatoms. The Morgan fingerprint density at radius 2 is 1.10 bits per heavy atom. The zero-order valence-corrected chi connectivity index (χ0v) is 12.0. The Hall–Kier alpha value is 1.18. The topological polar surface area (TPSA) is 0 Å². The third-order valence-electron chi connectivity index (χ3n) is 1.98. The number of hydrogen-bond acceptors (Lipinski definition) is 0. The van der Waals surface area contributed by atoms with E-state index in [-0.39, 0.29) is 47.8 Å². The van der Waals surface area contributed by atoms with Gasteiger partial charge in [0.1, 0.15) is 0 Å². The van der Waals surface area contributed by atoms with Crippen LogP contribution in [0, 0.1) is 0 Å². The van der Waals surface area contributed by atoms with Crippen molar-refractivity contribution in [3.63, 3.8) is 0 Å². The fourth-order valence-corrected chi connectivity index (χ4v) is 4.31. The molecule has 1 heterocycles. The van der Waals surface area contributed by atoms with Gasteiger partial charge in [0, 0.05) is 26.2 Å². The Morgan fingerprint density at radius 3 is 1.20 bits per heavy atom. The van der Waals surface area contributed by atoms with Crippen LogP contribution in [0.15, 0.2) is 18.2 Å². The molecule has 1 rings (SSSR count). The summed E-state index contributed by atoms with van der Waals surface area (Å²) < 4.78 is 3.39. The van der Waals surface area contributed by atoms with Gasteiger partial charge in [-0.3, -0.25) is 0 Å². The Bertz CT molecular complexity index is 179. The summed E-state index contributed by atoms with van der Waals surface area (Å²) in [7, 11) is 0. The first-order chi connectivity index (χ1) is 4.13. The molecule has 10 heavy (non-hydrogen) atoms. The molecule has 0 N–H and O–H groups in total. The van der Waals surface area contributed by atoms with Crippen LogP contribution >= 0.6 is 0 Å². The molecule has 0 spiro atoms. The van der Waals surface area contributed by atoms with E-state index in [9.17, 15) is 0 Å². The van der Waals surface area contributed by atoms with Crippen molar-refractivity contribution >= 4 is 21.6 Å². The maximum atomic E-state index is 2.28. The maximum Gasteiger partial charge on any atom is 0 e. The minimum atomic E-state index is -0.0356. The second kappa shape index (κ2) is 4.27. The summed E-state index contributed by atoms with van der Waals surface area (Å²) in [5.74, 6) is 0. The van der Waals surface area contributed by atoms with Crippen LogP contribution in [-0.2, 0) is 26.2 Å². The molecule has 0 saturated heterocycles. The molecule has 0 saturated carbocycles. The van der Waals surface area contributed by atoms with E-state index in [2.05, 4.69) is 27.7 Å². The Balaban J connectivity index is 0.000000810. The fourth-order valence-electron chi connectivity index (χ4n) is 0.962. The van der Waals surface area contributed by atoms with Gasteiger partial charge < -0.3 is 0 Å². The van der Waals surface area contributed by atoms with Gasteiger partial charge in [0.15, 0.2) is 0 Å². The second-order valence-corrected chi connectivity index (χ2v) is 7.00. The molecular weight excluding hydrogens is 309 g/mol. The number of allylic oxidation sites excluding steroid dienone is 4. The number of rotatable bonds is 0. The largest absolute Gasteiger partial charge is 0 e. The van der Waals surface area contributed by atoms with Crippen molar-refractivity contribution in [2.24, 2.45) is 0 Å². The van der Waals surface area contributed by atoms with E-state index in [0.717, 1.165) is 0 Å². The average molecular weight is 321 g/mol. The van der Waals surface area contributed by atoms with Crippen LogP contribution in [0.2, 0.25) is 0 Å². The van der Waals surface area contributed by atoms with E-state index in [1.165, 1.54) is 0 Å². The standard InChI is InChI=1S/C8H12.Sb.Zr/c1-5-7(3)8(4)6-2;;/h1-4H3;;. The van der Waals surface area contributed by atoms with Crippen LogP contribution in [-0.4, -0.2) is 21.6 Å². The molecular formula is C8H12SbZr. The monoisotopic (exact) mass is 319 g/mol. The van der Waals surface area contributed by atoms with Crippen molar-refractivity contribution in [3.8, 4) is 0 Å². The maximum absolute atomic E-state index is 2.28. The van der Waals surface area contributed by atoms with Gasteiger partial charge in [-0.05, 0) is 0 Å². The van der Waals surface area contributed by atoms with E-state index in [1.54, 1.807) is 18.2 Å². The summed E-state index contributed by atoms with van der Waals surface area (Å²) >= 11 is -0.0356. The third kappa shape index (κ3) is 2.08. The van der Waals surface area contributed by atoms with Crippen molar-refractivity contribution in [1.82, 2.24) is 0 Å². The van der Waals surface area contributed by atoms with Crippen LogP contribution in [0.3, 0.4) is 0 Å². The Labute approximate surface area is 92.8 Å². The van der Waals surface area contributed by atoms with Crippen molar-refractivity contribution in [2.45, 2.75) is 27.7 Å². The van der Waals surface area contributed by atoms with Gasteiger partial charge in [-0.25, -0.2) is 0 Å². The van der Waals surface area contributed by atoms with Gasteiger partial charge in [-0.1, -0.05) is 0 Å². The molecule has 0 atom stereocenters. The molecule has 0 aromatic carbocycles. The molecule has 0 bridgehead atoms. The SMILES string of the molecule is C[C]1=C(C)C(C)=[C](C)[Sb]1.[Zr]. The average Bonchev–Trinajstić information content (AvgIpc) is 1.98. The summed E-state index contributed by atoms with van der Waals surface area (Å²) in [6, 6.07) is 0. The van der Waals surface area contributed by atoms with Gasteiger partial charge in [-0.15, -0.1) is 0 Å². The van der Waals surface area contributed by atoms with Crippen molar-refractivity contribution in [1.29, 1.82) is 0 Å². The summed E-state index contributed by atoms with van der Waals surface area (Å²) in [6.45, 7) is 9.06. The molecule has 1 aliphatic rings. The summed E-state index contributed by atoms with van der Waals surface area (Å²) in [6.07, 6.45) is 0. The van der Waals surface area contributed by atoms with Crippen LogP contribution in [0.5, 0.6) is 0 Å². The minimum Gasteiger partial charge on any atom is 0 e. The van der Waals surface area contributed by atoms with Crippen molar-refractivity contribution in [2.75, 3.05) is 0 Å². The molecule has 0 unspecified atom stereocenters. The third-order valence-corrected chi connectivity index (χ3v) is 5.81. The first-order valence-electron chi connectivity index (χ1n) is 3.20. The Morgan fingerprint density at radius 1 is 0.800 bits per heavy atom. The smallest absolute Gasteiger partial charge is 0 e. The normalized spacial score (nSPS) is 18.0. The van der Waals surface area contributed by atoms with E-state index in [4.69, 9.17) is 0 Å². The van der Waals surface area contributed by atoms with E-state index in [0.29, 0.717) is 0 Å². The van der Waals surface area contributed by atoms with E-state index >= 15 is 0 Å². The van der Waals surface area contributed by atoms with Crippen LogP contribution in [0.4, 0.5) is 0 Å². The molecule has 1 aliphatic heterocycles. The first-order valence-corrected chi connectivity index (χ1v) is 5.75. The van der Waals surface area contributed by atoms with E-state index < -0.39 is 0 Å². The Kier molecular flexibility index (Phi) is 4.77. The minimum absolute atomic E-state index is 0. The van der Waals surface area contributed by atoms with E-state index in [1.807, 2.05) is 0 Å². The van der Waals surface area contributed by atoms with Gasteiger partial charge in [0.2, 0.25) is 0 Å². The van der Waals surface area contributed by atoms with Gasteiger partial charge in [-0.2, -0.15) is 0 Å². The fraction of sp³-hybridized carbons (Fsp3) is 0.500. The molecule has 0 aromatic heterocycles. The predicted molar refractivity (Wildman–Crippen MR) is 42.5 cm³/mol. The van der Waals surface area contributed by atoms with Crippen molar-refractivity contribution < 1.29 is 26.2 Å². The number of hydrogen-bond donors (Lipinski definition) is 0. The summed E-state index contributed by atoms with van der Waals surface area (Å²) in [5.41, 5.74) is 3.15. The van der Waals surface area contributed by atoms with Crippen molar-refractivity contribution in [3.05, 3.63) is 18.2 Å². The molecule has 0 fully saturated rings. The van der Waals surface area contributed by atoms with Crippen LogP contribution in [0.1, 0.15) is 27.7 Å². The predicted octanol–water partition coefficient (Wildman–Crippen LogP) is 2.29. The quantitative estimate of drug-likeness (QED) is 0.601.